The minimum Gasteiger partial charge on any atom is -0.494 e. The van der Waals surface area contributed by atoms with E-state index in [9.17, 15) is 14.4 Å². The van der Waals surface area contributed by atoms with Crippen LogP contribution >= 0.6 is 24.0 Å². The third-order valence-electron chi connectivity index (χ3n) is 5.48. The van der Waals surface area contributed by atoms with Gasteiger partial charge in [-0.1, -0.05) is 42.2 Å². The molecule has 35 heavy (non-hydrogen) atoms. The molecule has 2 aromatic rings. The van der Waals surface area contributed by atoms with Crippen molar-refractivity contribution in [3.8, 4) is 5.75 Å². The van der Waals surface area contributed by atoms with E-state index in [0.717, 1.165) is 11.8 Å². The van der Waals surface area contributed by atoms with Gasteiger partial charge < -0.3 is 14.8 Å². The highest BCUT2D eigenvalue weighted by atomic mass is 32.2. The number of nitrogens with zero attached hydrogens (tertiary/aromatic N) is 2. The molecule has 0 radical (unpaired) electrons. The van der Waals surface area contributed by atoms with E-state index in [4.69, 9.17) is 21.7 Å². The summed E-state index contributed by atoms with van der Waals surface area (Å²) in [5, 5.41) is 2.81. The number of thiocarbonyl (C=S) groups is 1. The van der Waals surface area contributed by atoms with Gasteiger partial charge in [0.15, 0.2) is 0 Å². The van der Waals surface area contributed by atoms with E-state index in [1.165, 1.54) is 9.80 Å². The summed E-state index contributed by atoms with van der Waals surface area (Å²) in [5.74, 6) is -0.343. The maximum Gasteiger partial charge on any atom is 0.267 e. The van der Waals surface area contributed by atoms with Crippen molar-refractivity contribution >= 4 is 63.0 Å². The first kappa shape index (κ1) is 24.9. The van der Waals surface area contributed by atoms with Gasteiger partial charge in [-0.2, -0.15) is 0 Å². The maximum absolute atomic E-state index is 13.5. The lowest BCUT2D eigenvalue weighted by molar-refractivity contribution is -0.122. The molecular weight excluding hydrogens is 486 g/mol. The quantitative estimate of drug-likeness (QED) is 0.312. The van der Waals surface area contributed by atoms with Crippen LogP contribution in [0.25, 0.3) is 5.57 Å². The summed E-state index contributed by atoms with van der Waals surface area (Å²) in [5.41, 5.74) is 2.07. The smallest absolute Gasteiger partial charge is 0.267 e. The minimum absolute atomic E-state index is 0.194. The average molecular weight is 512 g/mol. The predicted molar refractivity (Wildman–Crippen MR) is 140 cm³/mol. The van der Waals surface area contributed by atoms with Crippen LogP contribution in [0.4, 0.5) is 11.4 Å². The standard InChI is InChI=1S/C25H25N3O5S2/c1-3-33-17-11-9-16(10-12-17)26-20(29)15-28-19-8-5-4-7-18(19)21(23(28)30)22-24(31)27(25(34)35-22)13-6-14-32-2/h4-5,7-12H,3,6,13-15H2,1-2H3,(H,26,29). The molecule has 1 fully saturated rings. The van der Waals surface area contributed by atoms with Crippen LogP contribution in [0.5, 0.6) is 5.75 Å². The Bertz CT molecular complexity index is 1200. The highest BCUT2D eigenvalue weighted by Crippen LogP contribution is 2.44. The third kappa shape index (κ3) is 5.24. The SMILES string of the molecule is CCOc1ccc(NC(=O)CN2C(=O)C(=C3SC(=S)N(CCCOC)C3=O)c3ccccc32)cc1. The van der Waals surface area contributed by atoms with E-state index in [1.54, 1.807) is 55.6 Å². The van der Waals surface area contributed by atoms with Gasteiger partial charge >= 0.3 is 0 Å². The van der Waals surface area contributed by atoms with Crippen LogP contribution in [0.15, 0.2) is 53.4 Å². The zero-order valence-electron chi connectivity index (χ0n) is 19.4. The Morgan fingerprint density at radius 1 is 1.06 bits per heavy atom. The number of ether oxygens (including phenoxy) is 2. The molecule has 0 bridgehead atoms. The number of anilines is 2. The fourth-order valence-corrected chi connectivity index (χ4v) is 5.29. The zero-order valence-corrected chi connectivity index (χ0v) is 21.0. The second-order valence-corrected chi connectivity index (χ2v) is 9.43. The summed E-state index contributed by atoms with van der Waals surface area (Å²) in [7, 11) is 1.60. The first-order valence-electron chi connectivity index (χ1n) is 11.2. The molecule has 0 spiro atoms. The first-order valence-corrected chi connectivity index (χ1v) is 12.4. The fraction of sp³-hybridized carbons (Fsp3) is 0.280. The molecule has 2 aliphatic rings. The van der Waals surface area contributed by atoms with Gasteiger partial charge in [0, 0.05) is 31.5 Å². The monoisotopic (exact) mass is 511 g/mol. The van der Waals surface area contributed by atoms with Crippen molar-refractivity contribution < 1.29 is 23.9 Å². The molecule has 10 heteroatoms. The molecule has 4 rings (SSSR count). The van der Waals surface area contributed by atoms with Crippen LogP contribution < -0.4 is 15.0 Å². The van der Waals surface area contributed by atoms with Gasteiger partial charge in [0.05, 0.1) is 22.8 Å². The van der Waals surface area contributed by atoms with E-state index in [0.29, 0.717) is 58.1 Å². The summed E-state index contributed by atoms with van der Waals surface area (Å²) < 4.78 is 10.9. The Balaban J connectivity index is 1.55. The van der Waals surface area contributed by atoms with Crippen LogP contribution in [-0.2, 0) is 19.1 Å². The molecular formula is C25H25N3O5S2. The number of carbonyl (C=O) groups excluding carboxylic acids is 3. The predicted octanol–water partition coefficient (Wildman–Crippen LogP) is 3.68. The number of hydrogen-bond donors (Lipinski definition) is 1. The number of hydrogen-bond acceptors (Lipinski definition) is 7. The van der Waals surface area contributed by atoms with Gasteiger partial charge in [-0.15, -0.1) is 0 Å². The molecule has 0 atom stereocenters. The number of nitrogens with one attached hydrogen (secondary N) is 1. The van der Waals surface area contributed by atoms with Gasteiger partial charge in [0.2, 0.25) is 5.91 Å². The lowest BCUT2D eigenvalue weighted by Gasteiger charge is -2.17. The Hall–Kier alpha value is -3.21. The molecule has 2 heterocycles. The van der Waals surface area contributed by atoms with Crippen molar-refractivity contribution in [3.05, 3.63) is 59.0 Å². The molecule has 0 saturated carbocycles. The molecule has 1 N–H and O–H groups in total. The van der Waals surface area contributed by atoms with Crippen LogP contribution in [0.1, 0.15) is 18.9 Å². The van der Waals surface area contributed by atoms with Crippen LogP contribution in [0.2, 0.25) is 0 Å². The molecule has 2 aliphatic heterocycles. The second kappa shape index (κ2) is 11.0. The molecule has 0 unspecified atom stereocenters. The van der Waals surface area contributed by atoms with Crippen molar-refractivity contribution in [1.82, 2.24) is 4.90 Å². The first-order chi connectivity index (χ1) is 16.9. The molecule has 0 aromatic heterocycles. The average Bonchev–Trinajstić information content (AvgIpc) is 3.28. The topological polar surface area (TPSA) is 88.2 Å². The lowest BCUT2D eigenvalue weighted by atomic mass is 10.1. The molecule has 2 aromatic carbocycles. The lowest BCUT2D eigenvalue weighted by Crippen LogP contribution is -2.35. The third-order valence-corrected chi connectivity index (χ3v) is 6.93. The van der Waals surface area contributed by atoms with Gasteiger partial charge in [-0.3, -0.25) is 24.2 Å². The van der Waals surface area contributed by atoms with Gasteiger partial charge in [-0.05, 0) is 43.7 Å². The molecule has 1 saturated heterocycles. The highest BCUT2D eigenvalue weighted by molar-refractivity contribution is 8.26. The molecule has 0 aliphatic carbocycles. The Morgan fingerprint density at radius 3 is 2.51 bits per heavy atom. The molecule has 182 valence electrons. The van der Waals surface area contributed by atoms with Crippen molar-refractivity contribution in [1.29, 1.82) is 0 Å². The summed E-state index contributed by atoms with van der Waals surface area (Å²) in [6.07, 6.45) is 0.633. The summed E-state index contributed by atoms with van der Waals surface area (Å²) in [6.45, 7) is 3.17. The Kier molecular flexibility index (Phi) is 7.84. The molecule has 8 nitrogen and oxygen atoms in total. The number of fused-ring (bicyclic) bond motifs is 1. The summed E-state index contributed by atoms with van der Waals surface area (Å²) in [6, 6.07) is 14.2. The number of carbonyl (C=O) groups is 3. The van der Waals surface area contributed by atoms with Crippen molar-refractivity contribution in [2.75, 3.05) is 43.6 Å². The number of para-hydroxylation sites is 1. The van der Waals surface area contributed by atoms with E-state index >= 15 is 0 Å². The Morgan fingerprint density at radius 2 is 1.80 bits per heavy atom. The van der Waals surface area contributed by atoms with Crippen LogP contribution in [0.3, 0.4) is 0 Å². The molecule has 3 amide bonds. The van der Waals surface area contributed by atoms with E-state index in [1.807, 2.05) is 6.92 Å². The van der Waals surface area contributed by atoms with Crippen LogP contribution in [0, 0.1) is 0 Å². The number of methoxy groups -OCH3 is 1. The van der Waals surface area contributed by atoms with Crippen LogP contribution in [-0.4, -0.2) is 60.4 Å². The van der Waals surface area contributed by atoms with E-state index < -0.39 is 5.91 Å². The largest absolute Gasteiger partial charge is 0.494 e. The number of benzene rings is 2. The fourth-order valence-electron chi connectivity index (χ4n) is 3.91. The number of rotatable bonds is 9. The van der Waals surface area contributed by atoms with E-state index in [2.05, 4.69) is 5.32 Å². The zero-order chi connectivity index (χ0) is 24.9. The summed E-state index contributed by atoms with van der Waals surface area (Å²) >= 11 is 6.53. The minimum atomic E-state index is -0.398. The van der Waals surface area contributed by atoms with Crippen molar-refractivity contribution in [2.24, 2.45) is 0 Å². The van der Waals surface area contributed by atoms with Gasteiger partial charge in [0.25, 0.3) is 11.8 Å². The Labute approximate surface area is 213 Å². The van der Waals surface area contributed by atoms with Gasteiger partial charge in [0.1, 0.15) is 16.6 Å². The number of thioether (sulfide) groups is 1. The number of amides is 3. The normalized spacial score (nSPS) is 17.3. The van der Waals surface area contributed by atoms with Gasteiger partial charge in [-0.25, -0.2) is 0 Å². The summed E-state index contributed by atoms with van der Waals surface area (Å²) in [4.78, 5) is 42.6. The maximum atomic E-state index is 13.5. The second-order valence-electron chi connectivity index (χ2n) is 7.79. The van der Waals surface area contributed by atoms with E-state index in [-0.39, 0.29) is 23.9 Å². The highest BCUT2D eigenvalue weighted by Gasteiger charge is 2.42. The van der Waals surface area contributed by atoms with Crippen molar-refractivity contribution in [3.63, 3.8) is 0 Å². The van der Waals surface area contributed by atoms with Crippen molar-refractivity contribution in [2.45, 2.75) is 13.3 Å².